The maximum Gasteiger partial charge on any atom is 0.253 e. The SMILES string of the molecule is O=C(C1=c2[nH]ccc2=CNC1)N1CCC(=C2c3ccccc3CS(=O)(=O)c3ccsc32)CC1. The van der Waals surface area contributed by atoms with Gasteiger partial charge in [-0.1, -0.05) is 29.8 Å². The number of thiophene rings is 1. The van der Waals surface area contributed by atoms with Gasteiger partial charge in [-0.15, -0.1) is 11.3 Å². The van der Waals surface area contributed by atoms with Crippen LogP contribution < -0.4 is 15.9 Å². The zero-order valence-corrected chi connectivity index (χ0v) is 19.6. The van der Waals surface area contributed by atoms with Gasteiger partial charge in [0.2, 0.25) is 0 Å². The molecule has 0 radical (unpaired) electrons. The molecule has 6 rings (SSSR count). The third-order valence-corrected chi connectivity index (χ3v) is 9.47. The van der Waals surface area contributed by atoms with Gasteiger partial charge in [0.25, 0.3) is 5.91 Å². The molecule has 0 atom stereocenters. The van der Waals surface area contributed by atoms with Crippen molar-refractivity contribution in [2.75, 3.05) is 19.6 Å². The molecule has 168 valence electrons. The van der Waals surface area contributed by atoms with Gasteiger partial charge >= 0.3 is 0 Å². The van der Waals surface area contributed by atoms with Gasteiger partial charge in [-0.3, -0.25) is 4.79 Å². The second-order valence-electron chi connectivity index (χ2n) is 8.61. The lowest BCUT2D eigenvalue weighted by Crippen LogP contribution is -2.45. The highest BCUT2D eigenvalue weighted by Gasteiger charge is 2.32. The maximum absolute atomic E-state index is 13.3. The first kappa shape index (κ1) is 20.5. The van der Waals surface area contributed by atoms with Gasteiger partial charge in [0, 0.05) is 37.2 Å². The van der Waals surface area contributed by atoms with Crippen molar-refractivity contribution in [1.82, 2.24) is 15.2 Å². The van der Waals surface area contributed by atoms with E-state index in [9.17, 15) is 13.2 Å². The molecular formula is C25H23N3O3S2. The summed E-state index contributed by atoms with van der Waals surface area (Å²) < 4.78 is 26.1. The van der Waals surface area contributed by atoms with Gasteiger partial charge in [-0.25, -0.2) is 8.42 Å². The van der Waals surface area contributed by atoms with Crippen LogP contribution in [0.25, 0.3) is 17.3 Å². The Balaban J connectivity index is 1.38. The van der Waals surface area contributed by atoms with Crippen molar-refractivity contribution in [3.05, 3.63) is 80.1 Å². The Kier molecular flexibility index (Phi) is 4.81. The number of rotatable bonds is 1. The Bertz CT molecular complexity index is 1530. The molecule has 0 aliphatic carbocycles. The number of sulfone groups is 1. The van der Waals surface area contributed by atoms with E-state index in [0.29, 0.717) is 24.5 Å². The molecule has 0 unspecified atom stereocenters. The first-order valence-corrected chi connectivity index (χ1v) is 13.6. The molecule has 1 aromatic carbocycles. The van der Waals surface area contributed by atoms with E-state index in [-0.39, 0.29) is 11.7 Å². The number of benzene rings is 1. The van der Waals surface area contributed by atoms with Crippen molar-refractivity contribution in [2.45, 2.75) is 23.5 Å². The number of H-pyrrole nitrogens is 1. The molecule has 0 bridgehead atoms. The van der Waals surface area contributed by atoms with Crippen LogP contribution in [0.3, 0.4) is 0 Å². The number of hydrogen-bond donors (Lipinski definition) is 2. The molecule has 3 aliphatic rings. The topological polar surface area (TPSA) is 82.3 Å². The summed E-state index contributed by atoms with van der Waals surface area (Å²) in [4.78, 5) is 19.7. The average molecular weight is 478 g/mol. The Hall–Kier alpha value is -3.10. The molecule has 2 aromatic heterocycles. The van der Waals surface area contributed by atoms with Crippen LogP contribution in [0, 0.1) is 0 Å². The van der Waals surface area contributed by atoms with Crippen molar-refractivity contribution in [3.63, 3.8) is 0 Å². The largest absolute Gasteiger partial charge is 0.386 e. The summed E-state index contributed by atoms with van der Waals surface area (Å²) in [5, 5.41) is 6.97. The van der Waals surface area contributed by atoms with Crippen LogP contribution in [0.2, 0.25) is 0 Å². The number of likely N-dealkylation sites (tertiary alicyclic amines) is 1. The number of amides is 1. The highest BCUT2D eigenvalue weighted by Crippen LogP contribution is 2.43. The Morgan fingerprint density at radius 2 is 1.88 bits per heavy atom. The first-order chi connectivity index (χ1) is 16.0. The molecule has 3 aliphatic heterocycles. The Morgan fingerprint density at radius 3 is 2.73 bits per heavy atom. The third kappa shape index (κ3) is 3.36. The molecule has 33 heavy (non-hydrogen) atoms. The standard InChI is InChI=1S/C25H23N3O3S2/c29-25(20-14-26-13-17-5-9-27-23(17)20)28-10-6-16(7-11-28)22-19-4-2-1-3-18(19)15-33(30,31)21-8-12-32-24(21)22/h1-5,8-9,12-13,26-27H,6-7,10-11,14-15H2. The Labute approximate surface area is 195 Å². The summed E-state index contributed by atoms with van der Waals surface area (Å²) in [7, 11) is -3.39. The second-order valence-corrected chi connectivity index (χ2v) is 11.5. The monoisotopic (exact) mass is 477 g/mol. The lowest BCUT2D eigenvalue weighted by molar-refractivity contribution is -0.125. The lowest BCUT2D eigenvalue weighted by Gasteiger charge is -2.31. The molecule has 5 heterocycles. The van der Waals surface area contributed by atoms with Crippen molar-refractivity contribution >= 4 is 44.4 Å². The Morgan fingerprint density at radius 1 is 1.06 bits per heavy atom. The fourth-order valence-electron chi connectivity index (χ4n) is 5.09. The summed E-state index contributed by atoms with van der Waals surface area (Å²) in [6, 6.07) is 11.5. The van der Waals surface area contributed by atoms with Crippen LogP contribution in [0.15, 0.2) is 58.4 Å². The van der Waals surface area contributed by atoms with Gasteiger partial charge in [0.05, 0.1) is 26.4 Å². The minimum absolute atomic E-state index is 0.0229. The second kappa shape index (κ2) is 7.74. The van der Waals surface area contributed by atoms with Crippen LogP contribution in [0.1, 0.15) is 28.8 Å². The average Bonchev–Trinajstić information content (AvgIpc) is 3.49. The van der Waals surface area contributed by atoms with E-state index in [2.05, 4.69) is 10.3 Å². The molecule has 1 fully saturated rings. The normalized spacial score (nSPS) is 19.0. The number of nitrogens with one attached hydrogen (secondary N) is 2. The molecule has 1 saturated heterocycles. The minimum Gasteiger partial charge on any atom is -0.386 e. The van der Waals surface area contributed by atoms with E-state index in [4.69, 9.17) is 0 Å². The van der Waals surface area contributed by atoms with Crippen molar-refractivity contribution in [3.8, 4) is 0 Å². The van der Waals surface area contributed by atoms with Crippen LogP contribution in [0.5, 0.6) is 0 Å². The number of carbonyl (C=O) groups excluding carboxylic acids is 1. The van der Waals surface area contributed by atoms with E-state index < -0.39 is 9.84 Å². The molecule has 0 saturated carbocycles. The number of aromatic nitrogens is 1. The predicted molar refractivity (Wildman–Crippen MR) is 129 cm³/mol. The van der Waals surface area contributed by atoms with Gasteiger partial charge in [0.15, 0.2) is 9.84 Å². The number of nitrogens with zero attached hydrogens (tertiary/aromatic N) is 1. The summed E-state index contributed by atoms with van der Waals surface area (Å²) in [6.45, 7) is 1.76. The smallest absolute Gasteiger partial charge is 0.253 e. The highest BCUT2D eigenvalue weighted by molar-refractivity contribution is 7.91. The van der Waals surface area contributed by atoms with Gasteiger partial charge in [-0.2, -0.15) is 0 Å². The molecule has 2 N–H and O–H groups in total. The first-order valence-electron chi connectivity index (χ1n) is 11.0. The summed E-state index contributed by atoms with van der Waals surface area (Å²) >= 11 is 1.49. The summed E-state index contributed by atoms with van der Waals surface area (Å²) in [5.41, 5.74) is 4.90. The van der Waals surface area contributed by atoms with E-state index >= 15 is 0 Å². The van der Waals surface area contributed by atoms with Gasteiger partial charge < -0.3 is 15.2 Å². The van der Waals surface area contributed by atoms with Crippen molar-refractivity contribution < 1.29 is 13.2 Å². The number of piperidine rings is 1. The predicted octanol–water partition coefficient (Wildman–Crippen LogP) is 1.98. The minimum atomic E-state index is -3.39. The molecule has 8 heteroatoms. The van der Waals surface area contributed by atoms with Gasteiger partial charge in [-0.05, 0) is 47.1 Å². The van der Waals surface area contributed by atoms with Crippen LogP contribution in [-0.4, -0.2) is 43.8 Å². The zero-order chi connectivity index (χ0) is 22.6. The molecule has 6 nitrogen and oxygen atoms in total. The quantitative estimate of drug-likeness (QED) is 0.562. The highest BCUT2D eigenvalue weighted by atomic mass is 32.2. The fraction of sp³-hybridized carbons (Fsp3) is 0.240. The molecular weight excluding hydrogens is 454 g/mol. The van der Waals surface area contributed by atoms with Crippen LogP contribution in [-0.2, 0) is 20.4 Å². The fourth-order valence-corrected chi connectivity index (χ4v) is 8.07. The van der Waals surface area contributed by atoms with Crippen molar-refractivity contribution in [2.24, 2.45) is 0 Å². The van der Waals surface area contributed by atoms with E-state index in [1.165, 1.54) is 16.9 Å². The zero-order valence-electron chi connectivity index (χ0n) is 17.9. The molecule has 3 aromatic rings. The van der Waals surface area contributed by atoms with E-state index in [1.54, 1.807) is 6.07 Å². The van der Waals surface area contributed by atoms with Gasteiger partial charge in [0.1, 0.15) is 0 Å². The van der Waals surface area contributed by atoms with Crippen LogP contribution in [0.4, 0.5) is 0 Å². The van der Waals surface area contributed by atoms with Crippen molar-refractivity contribution in [1.29, 1.82) is 0 Å². The molecule has 0 spiro atoms. The summed E-state index contributed by atoms with van der Waals surface area (Å²) in [5.74, 6) is 0.0822. The number of carbonyl (C=O) groups is 1. The maximum atomic E-state index is 13.3. The van der Waals surface area contributed by atoms with E-state index in [1.807, 2.05) is 53.0 Å². The lowest BCUT2D eigenvalue weighted by atomic mass is 9.89. The van der Waals surface area contributed by atoms with Crippen LogP contribution >= 0.6 is 11.3 Å². The number of fused-ring (bicyclic) bond motifs is 3. The molecule has 1 amide bonds. The van der Waals surface area contributed by atoms with E-state index in [0.717, 1.165) is 50.6 Å². The number of hydrogen-bond acceptors (Lipinski definition) is 5. The number of aromatic amines is 1. The summed E-state index contributed by atoms with van der Waals surface area (Å²) in [6.07, 6.45) is 5.25. The third-order valence-electron chi connectivity index (χ3n) is 6.71.